The summed E-state index contributed by atoms with van der Waals surface area (Å²) in [6.45, 7) is 7.47. The lowest BCUT2D eigenvalue weighted by Gasteiger charge is -2.36. The van der Waals surface area contributed by atoms with E-state index in [1.54, 1.807) is 17.0 Å². The van der Waals surface area contributed by atoms with Crippen molar-refractivity contribution in [1.29, 1.82) is 0 Å². The van der Waals surface area contributed by atoms with Crippen LogP contribution in [0.1, 0.15) is 20.8 Å². The smallest absolute Gasteiger partial charge is 0.410 e. The summed E-state index contributed by atoms with van der Waals surface area (Å²) < 4.78 is 20.0. The first-order valence-corrected chi connectivity index (χ1v) is 9.23. The van der Waals surface area contributed by atoms with Gasteiger partial charge in [-0.25, -0.2) is 19.2 Å². The van der Waals surface area contributed by atoms with Gasteiger partial charge < -0.3 is 19.9 Å². The summed E-state index contributed by atoms with van der Waals surface area (Å²) in [5.41, 5.74) is 0.435. The molecule has 0 bridgehead atoms. The molecule has 1 saturated heterocycles. The van der Waals surface area contributed by atoms with Gasteiger partial charge in [-0.2, -0.15) is 4.98 Å². The molecule has 1 N–H and O–H groups in total. The van der Waals surface area contributed by atoms with Gasteiger partial charge in [0.25, 0.3) is 0 Å². The Morgan fingerprint density at radius 2 is 1.93 bits per heavy atom. The van der Waals surface area contributed by atoms with Crippen molar-refractivity contribution >= 4 is 35.0 Å². The molecule has 10 heteroatoms. The maximum Gasteiger partial charge on any atom is 0.410 e. The fourth-order valence-corrected chi connectivity index (χ4v) is 2.89. The molecular weight excluding hydrogens is 387 g/mol. The van der Waals surface area contributed by atoms with Crippen LogP contribution in [0.4, 0.5) is 26.5 Å². The highest BCUT2D eigenvalue weighted by atomic mass is 35.5. The monoisotopic (exact) mass is 408 g/mol. The van der Waals surface area contributed by atoms with E-state index in [9.17, 15) is 9.18 Å². The van der Waals surface area contributed by atoms with E-state index in [1.807, 2.05) is 25.7 Å². The van der Waals surface area contributed by atoms with E-state index in [-0.39, 0.29) is 23.1 Å². The standard InChI is InChI=1S/C18H22ClFN6O2/c1-18(2,3)28-17(27)26-8-6-25(7-9-26)14-5-4-12(10-13(14)20)23-16-22-11-21-15(19)24-16/h4-5,10-11H,6-9H2,1-3H3,(H,21,22,23,24). The van der Waals surface area contributed by atoms with Crippen LogP contribution < -0.4 is 10.2 Å². The molecule has 3 rings (SSSR count). The zero-order valence-corrected chi connectivity index (χ0v) is 16.7. The highest BCUT2D eigenvalue weighted by Crippen LogP contribution is 2.25. The molecule has 1 aromatic carbocycles. The van der Waals surface area contributed by atoms with Crippen LogP contribution in [0, 0.1) is 5.82 Å². The fourth-order valence-electron chi connectivity index (χ4n) is 2.76. The lowest BCUT2D eigenvalue weighted by atomic mass is 10.2. The second-order valence-corrected chi connectivity index (χ2v) is 7.66. The van der Waals surface area contributed by atoms with Crippen LogP contribution in [0.2, 0.25) is 5.28 Å². The van der Waals surface area contributed by atoms with Crippen molar-refractivity contribution in [1.82, 2.24) is 19.9 Å². The number of hydrogen-bond donors (Lipinski definition) is 1. The number of anilines is 3. The number of amides is 1. The highest BCUT2D eigenvalue weighted by molar-refractivity contribution is 6.28. The number of benzene rings is 1. The molecule has 0 atom stereocenters. The van der Waals surface area contributed by atoms with Crippen LogP contribution in [0.5, 0.6) is 0 Å². The van der Waals surface area contributed by atoms with Gasteiger partial charge in [0.15, 0.2) is 0 Å². The Bertz CT molecular complexity index is 852. The van der Waals surface area contributed by atoms with Crippen molar-refractivity contribution in [2.75, 3.05) is 36.4 Å². The van der Waals surface area contributed by atoms with Crippen molar-refractivity contribution in [2.24, 2.45) is 0 Å². The van der Waals surface area contributed by atoms with Gasteiger partial charge >= 0.3 is 6.09 Å². The number of rotatable bonds is 3. The minimum absolute atomic E-state index is 0.0532. The first-order valence-electron chi connectivity index (χ1n) is 8.85. The van der Waals surface area contributed by atoms with Crippen molar-refractivity contribution in [2.45, 2.75) is 26.4 Å². The number of aromatic nitrogens is 3. The maximum atomic E-state index is 14.6. The van der Waals surface area contributed by atoms with E-state index in [1.165, 1.54) is 12.4 Å². The first kappa shape index (κ1) is 20.1. The normalized spacial score (nSPS) is 14.8. The predicted octanol–water partition coefficient (Wildman–Crippen LogP) is 3.46. The molecule has 1 aromatic heterocycles. The number of ether oxygens (including phenoxy) is 1. The van der Waals surface area contributed by atoms with E-state index in [0.29, 0.717) is 37.6 Å². The summed E-state index contributed by atoms with van der Waals surface area (Å²) in [5.74, 6) is -0.144. The van der Waals surface area contributed by atoms with Crippen LogP contribution >= 0.6 is 11.6 Å². The Hall–Kier alpha value is -2.68. The molecule has 28 heavy (non-hydrogen) atoms. The van der Waals surface area contributed by atoms with Gasteiger partial charge in [0.1, 0.15) is 17.7 Å². The van der Waals surface area contributed by atoms with Gasteiger partial charge in [0.2, 0.25) is 11.2 Å². The van der Waals surface area contributed by atoms with E-state index >= 15 is 0 Å². The topological polar surface area (TPSA) is 83.5 Å². The van der Waals surface area contributed by atoms with Gasteiger partial charge in [0.05, 0.1) is 5.69 Å². The molecule has 1 aliphatic heterocycles. The number of halogens is 2. The van der Waals surface area contributed by atoms with Crippen LogP contribution in [-0.2, 0) is 4.74 Å². The molecule has 8 nitrogen and oxygen atoms in total. The molecule has 2 heterocycles. The van der Waals surface area contributed by atoms with Gasteiger partial charge in [-0.15, -0.1) is 0 Å². The van der Waals surface area contributed by atoms with E-state index < -0.39 is 5.60 Å². The molecule has 1 aliphatic rings. The van der Waals surface area contributed by atoms with Gasteiger partial charge in [-0.3, -0.25) is 0 Å². The Kier molecular flexibility index (Phi) is 5.83. The number of nitrogens with one attached hydrogen (secondary N) is 1. The van der Waals surface area contributed by atoms with Crippen molar-refractivity contribution in [3.8, 4) is 0 Å². The van der Waals surface area contributed by atoms with E-state index in [2.05, 4.69) is 20.3 Å². The minimum Gasteiger partial charge on any atom is -0.444 e. The molecule has 0 unspecified atom stereocenters. The van der Waals surface area contributed by atoms with Crippen molar-refractivity contribution < 1.29 is 13.9 Å². The maximum absolute atomic E-state index is 14.6. The van der Waals surface area contributed by atoms with Crippen molar-refractivity contribution in [3.63, 3.8) is 0 Å². The molecule has 0 radical (unpaired) electrons. The third kappa shape index (κ3) is 5.19. The second-order valence-electron chi connectivity index (χ2n) is 7.32. The lowest BCUT2D eigenvalue weighted by Crippen LogP contribution is -2.50. The average Bonchev–Trinajstić information content (AvgIpc) is 2.61. The summed E-state index contributed by atoms with van der Waals surface area (Å²) in [6.07, 6.45) is 0.926. The van der Waals surface area contributed by atoms with Gasteiger partial charge in [0, 0.05) is 31.9 Å². The molecule has 0 spiro atoms. The summed E-state index contributed by atoms with van der Waals surface area (Å²) >= 11 is 5.72. The summed E-state index contributed by atoms with van der Waals surface area (Å²) in [4.78, 5) is 27.2. The molecule has 0 saturated carbocycles. The summed E-state index contributed by atoms with van der Waals surface area (Å²) in [6, 6.07) is 4.78. The Balaban J connectivity index is 1.61. The average molecular weight is 409 g/mol. The largest absolute Gasteiger partial charge is 0.444 e. The SMILES string of the molecule is CC(C)(C)OC(=O)N1CCN(c2ccc(Nc3ncnc(Cl)n3)cc2F)CC1. The molecule has 2 aromatic rings. The fraction of sp³-hybridized carbons (Fsp3) is 0.444. The Morgan fingerprint density at radius 1 is 1.21 bits per heavy atom. The number of nitrogens with zero attached hydrogens (tertiary/aromatic N) is 5. The van der Waals surface area contributed by atoms with Crippen LogP contribution in [-0.4, -0.2) is 57.7 Å². The number of piperazine rings is 1. The molecule has 1 amide bonds. The first-order chi connectivity index (χ1) is 13.2. The predicted molar refractivity (Wildman–Crippen MR) is 105 cm³/mol. The van der Waals surface area contributed by atoms with Crippen LogP contribution in [0.3, 0.4) is 0 Å². The van der Waals surface area contributed by atoms with Crippen molar-refractivity contribution in [3.05, 3.63) is 35.6 Å². The Labute approximate surface area is 167 Å². The van der Waals surface area contributed by atoms with Gasteiger partial charge in [-0.05, 0) is 50.6 Å². The van der Waals surface area contributed by atoms with Gasteiger partial charge in [-0.1, -0.05) is 0 Å². The molecule has 150 valence electrons. The third-order valence-corrected chi connectivity index (χ3v) is 4.20. The molecule has 1 fully saturated rings. The number of carbonyl (C=O) groups excluding carboxylic acids is 1. The highest BCUT2D eigenvalue weighted by Gasteiger charge is 2.26. The van der Waals surface area contributed by atoms with E-state index in [0.717, 1.165) is 0 Å². The zero-order chi connectivity index (χ0) is 20.3. The summed E-state index contributed by atoms with van der Waals surface area (Å²) in [5, 5.41) is 2.94. The van der Waals surface area contributed by atoms with Crippen LogP contribution in [0.25, 0.3) is 0 Å². The minimum atomic E-state index is -0.536. The molecular formula is C18H22ClFN6O2. The molecule has 0 aliphatic carbocycles. The van der Waals surface area contributed by atoms with Crippen LogP contribution in [0.15, 0.2) is 24.5 Å². The Morgan fingerprint density at radius 3 is 2.54 bits per heavy atom. The lowest BCUT2D eigenvalue weighted by molar-refractivity contribution is 0.0240. The number of hydrogen-bond acceptors (Lipinski definition) is 7. The number of carbonyl (C=O) groups is 1. The van der Waals surface area contributed by atoms with E-state index in [4.69, 9.17) is 16.3 Å². The zero-order valence-electron chi connectivity index (χ0n) is 15.9. The summed E-state index contributed by atoms with van der Waals surface area (Å²) in [7, 11) is 0. The third-order valence-electron chi connectivity index (χ3n) is 4.02. The second kappa shape index (κ2) is 8.14. The quantitative estimate of drug-likeness (QED) is 0.832.